The van der Waals surface area contributed by atoms with Crippen LogP contribution in [0.1, 0.15) is 43.7 Å². The number of rotatable bonds is 5. The highest BCUT2D eigenvalue weighted by Gasteiger charge is 2.37. The first-order valence-corrected chi connectivity index (χ1v) is 8.59. The van der Waals surface area contributed by atoms with Crippen LogP contribution >= 0.6 is 0 Å². The van der Waals surface area contributed by atoms with E-state index in [0.717, 1.165) is 24.1 Å². The van der Waals surface area contributed by atoms with E-state index in [2.05, 4.69) is 36.5 Å². The summed E-state index contributed by atoms with van der Waals surface area (Å²) in [6, 6.07) is 20.7. The maximum Gasteiger partial charge on any atom is 0.149 e. The Labute approximate surface area is 138 Å². The van der Waals surface area contributed by atoms with E-state index < -0.39 is 5.41 Å². The van der Waals surface area contributed by atoms with Crippen molar-refractivity contribution in [2.24, 2.45) is 0 Å². The zero-order chi connectivity index (χ0) is 16.1. The van der Waals surface area contributed by atoms with Crippen molar-refractivity contribution in [2.75, 3.05) is 6.54 Å². The number of Topliss-reactive ketones (excluding diaryl/α,β-unsaturated/α-hetero) is 1. The normalized spacial score (nSPS) is 18.6. The van der Waals surface area contributed by atoms with Crippen molar-refractivity contribution in [3.05, 3.63) is 71.8 Å². The van der Waals surface area contributed by atoms with Gasteiger partial charge >= 0.3 is 0 Å². The number of carbonyl (C=O) groups is 1. The van der Waals surface area contributed by atoms with E-state index in [4.69, 9.17) is 0 Å². The standard InChI is InChI=1S/C21H25NO/c1-21(17-10-4-2-5-11-17,18-12-6-3-7-13-18)20(23)16-19-14-8-9-15-22-19/h2-7,10-13,19,22H,8-9,14-16H2,1H3. The number of benzene rings is 2. The van der Waals surface area contributed by atoms with Crippen LogP contribution in [0.25, 0.3) is 0 Å². The Morgan fingerprint density at radius 2 is 1.57 bits per heavy atom. The lowest BCUT2D eigenvalue weighted by molar-refractivity contribution is -0.123. The van der Waals surface area contributed by atoms with Crippen LogP contribution < -0.4 is 5.32 Å². The molecule has 2 nitrogen and oxygen atoms in total. The van der Waals surface area contributed by atoms with Gasteiger partial charge in [0.1, 0.15) is 5.78 Å². The van der Waals surface area contributed by atoms with Crippen molar-refractivity contribution in [3.8, 4) is 0 Å². The lowest BCUT2D eigenvalue weighted by atomic mass is 9.71. The zero-order valence-corrected chi connectivity index (χ0v) is 13.8. The average Bonchev–Trinajstić information content (AvgIpc) is 2.63. The molecule has 0 radical (unpaired) electrons. The zero-order valence-electron chi connectivity index (χ0n) is 13.8. The highest BCUT2D eigenvalue weighted by atomic mass is 16.1. The molecule has 0 saturated carbocycles. The maximum atomic E-state index is 13.3. The Hall–Kier alpha value is -1.93. The number of nitrogens with one attached hydrogen (secondary N) is 1. The maximum absolute atomic E-state index is 13.3. The van der Waals surface area contributed by atoms with Crippen LogP contribution in [0.15, 0.2) is 60.7 Å². The summed E-state index contributed by atoms with van der Waals surface area (Å²) in [4.78, 5) is 13.3. The van der Waals surface area contributed by atoms with Gasteiger partial charge in [-0.25, -0.2) is 0 Å². The van der Waals surface area contributed by atoms with Crippen LogP contribution in [0.3, 0.4) is 0 Å². The highest BCUT2D eigenvalue weighted by Crippen LogP contribution is 2.34. The predicted molar refractivity (Wildman–Crippen MR) is 94.6 cm³/mol. The predicted octanol–water partition coefficient (Wildman–Crippen LogP) is 4.09. The Balaban J connectivity index is 1.93. The molecule has 1 fully saturated rings. The quantitative estimate of drug-likeness (QED) is 0.901. The van der Waals surface area contributed by atoms with E-state index in [9.17, 15) is 4.79 Å². The molecule has 120 valence electrons. The third-order valence-corrected chi connectivity index (χ3v) is 5.10. The number of hydrogen-bond donors (Lipinski definition) is 1. The molecule has 2 aromatic carbocycles. The number of ketones is 1. The molecule has 3 rings (SSSR count). The van der Waals surface area contributed by atoms with Gasteiger partial charge in [-0.2, -0.15) is 0 Å². The molecule has 0 aliphatic carbocycles. The summed E-state index contributed by atoms with van der Waals surface area (Å²) in [5.74, 6) is 0.300. The fraction of sp³-hybridized carbons (Fsp3) is 0.381. The van der Waals surface area contributed by atoms with E-state index in [0.29, 0.717) is 18.2 Å². The third kappa shape index (κ3) is 3.37. The van der Waals surface area contributed by atoms with Crippen LogP contribution in [0.5, 0.6) is 0 Å². The second-order valence-corrected chi connectivity index (χ2v) is 6.63. The van der Waals surface area contributed by atoms with Gasteiger partial charge < -0.3 is 5.32 Å². The molecule has 0 spiro atoms. The highest BCUT2D eigenvalue weighted by molar-refractivity contribution is 5.93. The monoisotopic (exact) mass is 307 g/mol. The first-order chi connectivity index (χ1) is 11.2. The summed E-state index contributed by atoms with van der Waals surface area (Å²) >= 11 is 0. The van der Waals surface area contributed by atoms with Crippen molar-refractivity contribution in [3.63, 3.8) is 0 Å². The van der Waals surface area contributed by atoms with E-state index in [1.54, 1.807) is 0 Å². The minimum absolute atomic E-state index is 0.300. The minimum Gasteiger partial charge on any atom is -0.314 e. The van der Waals surface area contributed by atoms with Gasteiger partial charge in [-0.1, -0.05) is 67.1 Å². The summed E-state index contributed by atoms with van der Waals surface area (Å²) in [5, 5.41) is 3.50. The Kier molecular flexibility index (Phi) is 4.92. The van der Waals surface area contributed by atoms with Gasteiger partial charge in [-0.15, -0.1) is 0 Å². The molecule has 0 aromatic heterocycles. The largest absolute Gasteiger partial charge is 0.314 e. The van der Waals surface area contributed by atoms with Crippen LogP contribution in [0.2, 0.25) is 0 Å². The molecule has 23 heavy (non-hydrogen) atoms. The first-order valence-electron chi connectivity index (χ1n) is 8.59. The number of hydrogen-bond acceptors (Lipinski definition) is 2. The fourth-order valence-corrected chi connectivity index (χ4v) is 3.56. The lowest BCUT2D eigenvalue weighted by Gasteiger charge is -2.32. The Morgan fingerprint density at radius 3 is 2.04 bits per heavy atom. The van der Waals surface area contributed by atoms with Crippen LogP contribution in [-0.2, 0) is 10.2 Å². The number of carbonyl (C=O) groups excluding carboxylic acids is 1. The Bertz CT molecular complexity index is 590. The molecule has 1 atom stereocenters. The van der Waals surface area contributed by atoms with Gasteiger partial charge in [0.2, 0.25) is 0 Å². The first kappa shape index (κ1) is 15.9. The summed E-state index contributed by atoms with van der Waals surface area (Å²) in [7, 11) is 0. The summed E-state index contributed by atoms with van der Waals surface area (Å²) in [5.41, 5.74) is 1.57. The molecule has 1 heterocycles. The van der Waals surface area contributed by atoms with Crippen LogP contribution in [0.4, 0.5) is 0 Å². The second-order valence-electron chi connectivity index (χ2n) is 6.63. The lowest BCUT2D eigenvalue weighted by Crippen LogP contribution is -2.41. The molecule has 0 amide bonds. The molecule has 1 aliphatic rings. The molecule has 2 heteroatoms. The minimum atomic E-state index is -0.582. The van der Waals surface area contributed by atoms with Crippen LogP contribution in [-0.4, -0.2) is 18.4 Å². The molecule has 0 bridgehead atoms. The molecular formula is C21H25NO. The molecule has 1 aliphatic heterocycles. The van der Waals surface area contributed by atoms with Crippen molar-refractivity contribution in [2.45, 2.75) is 44.1 Å². The molecular weight excluding hydrogens is 282 g/mol. The van der Waals surface area contributed by atoms with E-state index in [1.165, 1.54) is 12.8 Å². The molecule has 1 saturated heterocycles. The Morgan fingerprint density at radius 1 is 1.00 bits per heavy atom. The van der Waals surface area contributed by atoms with Gasteiger partial charge in [0, 0.05) is 12.5 Å². The van der Waals surface area contributed by atoms with Crippen molar-refractivity contribution in [1.29, 1.82) is 0 Å². The SMILES string of the molecule is CC(C(=O)CC1CCCCN1)(c1ccccc1)c1ccccc1. The molecule has 2 aromatic rings. The van der Waals surface area contributed by atoms with Crippen molar-refractivity contribution >= 4 is 5.78 Å². The van der Waals surface area contributed by atoms with E-state index in [1.807, 2.05) is 36.4 Å². The van der Waals surface area contributed by atoms with Gasteiger partial charge in [-0.3, -0.25) is 4.79 Å². The van der Waals surface area contributed by atoms with E-state index in [-0.39, 0.29) is 0 Å². The molecule has 1 unspecified atom stereocenters. The second kappa shape index (κ2) is 7.10. The van der Waals surface area contributed by atoms with Crippen LogP contribution in [0, 0.1) is 0 Å². The summed E-state index contributed by atoms with van der Waals surface area (Å²) in [6.45, 7) is 3.11. The number of piperidine rings is 1. The van der Waals surface area contributed by atoms with E-state index >= 15 is 0 Å². The van der Waals surface area contributed by atoms with Gasteiger partial charge in [0.15, 0.2) is 0 Å². The van der Waals surface area contributed by atoms with Crippen molar-refractivity contribution in [1.82, 2.24) is 5.32 Å². The molecule has 1 N–H and O–H groups in total. The van der Waals surface area contributed by atoms with Crippen molar-refractivity contribution < 1.29 is 4.79 Å². The van der Waals surface area contributed by atoms with Gasteiger partial charge in [0.25, 0.3) is 0 Å². The summed E-state index contributed by atoms with van der Waals surface area (Å²) in [6.07, 6.45) is 4.14. The third-order valence-electron chi connectivity index (χ3n) is 5.10. The van der Waals surface area contributed by atoms with Gasteiger partial charge in [0.05, 0.1) is 5.41 Å². The topological polar surface area (TPSA) is 29.1 Å². The smallest absolute Gasteiger partial charge is 0.149 e. The fourth-order valence-electron chi connectivity index (χ4n) is 3.56. The summed E-state index contributed by atoms with van der Waals surface area (Å²) < 4.78 is 0. The van der Waals surface area contributed by atoms with Gasteiger partial charge in [-0.05, 0) is 37.4 Å². The average molecular weight is 307 g/mol.